The van der Waals surface area contributed by atoms with Gasteiger partial charge in [0.15, 0.2) is 5.69 Å². The molecule has 0 radical (unpaired) electrons. The molecule has 0 saturated carbocycles. The number of benzene rings is 1. The van der Waals surface area contributed by atoms with Gasteiger partial charge in [-0.25, -0.2) is 4.68 Å². The molecule has 1 fully saturated rings. The Labute approximate surface area is 141 Å². The zero-order chi connectivity index (χ0) is 16.4. The lowest BCUT2D eigenvalue weighted by atomic mass is 9.92. The molecule has 2 N–H and O–H groups in total. The quantitative estimate of drug-likeness (QED) is 0.940. The number of rotatable bonds is 3. The average Bonchev–Trinajstić information content (AvgIpc) is 3.04. The summed E-state index contributed by atoms with van der Waals surface area (Å²) in [6, 6.07) is 9.24. The predicted octanol–water partition coefficient (Wildman–Crippen LogP) is 2.73. The van der Waals surface area contributed by atoms with E-state index in [0.717, 1.165) is 25.1 Å². The molecule has 1 aliphatic rings. The summed E-state index contributed by atoms with van der Waals surface area (Å²) >= 11 is 6.00. The second kappa shape index (κ2) is 6.72. The Bertz CT molecular complexity index is 697. The van der Waals surface area contributed by atoms with Crippen LogP contribution in [0.15, 0.2) is 36.5 Å². The summed E-state index contributed by atoms with van der Waals surface area (Å²) in [5.74, 6) is 0.332. The van der Waals surface area contributed by atoms with Crippen LogP contribution in [0.4, 0.5) is 0 Å². The summed E-state index contributed by atoms with van der Waals surface area (Å²) < 4.78 is 1.67. The molecule has 3 rings (SSSR count). The second-order valence-electron chi connectivity index (χ2n) is 6.14. The van der Waals surface area contributed by atoms with Crippen molar-refractivity contribution in [3.63, 3.8) is 0 Å². The van der Waals surface area contributed by atoms with Crippen molar-refractivity contribution in [2.45, 2.75) is 25.8 Å². The van der Waals surface area contributed by atoms with Gasteiger partial charge in [0, 0.05) is 30.4 Å². The Balaban J connectivity index is 1.76. The predicted molar refractivity (Wildman–Crippen MR) is 90.9 cm³/mol. The molecule has 1 aromatic heterocycles. The molecule has 0 bridgehead atoms. The SMILES string of the molecule is CC(N)C1CCCN(C(=O)c2ccn(-c3cccc(Cl)c3)n2)C1. The van der Waals surface area contributed by atoms with Crippen LogP contribution in [0, 0.1) is 5.92 Å². The molecule has 2 unspecified atom stereocenters. The van der Waals surface area contributed by atoms with Crippen molar-refractivity contribution >= 4 is 17.5 Å². The molecule has 0 aliphatic carbocycles. The van der Waals surface area contributed by atoms with Gasteiger partial charge in [0.2, 0.25) is 0 Å². The maximum atomic E-state index is 12.7. The fourth-order valence-electron chi connectivity index (χ4n) is 2.99. The maximum absolute atomic E-state index is 12.7. The molecule has 0 spiro atoms. The molecule has 1 amide bonds. The monoisotopic (exact) mass is 332 g/mol. The van der Waals surface area contributed by atoms with Gasteiger partial charge in [-0.2, -0.15) is 5.10 Å². The Morgan fingerprint density at radius 3 is 3.00 bits per heavy atom. The molecular formula is C17H21ClN4O. The van der Waals surface area contributed by atoms with Crippen LogP contribution >= 0.6 is 11.6 Å². The third-order valence-electron chi connectivity index (χ3n) is 4.37. The molecule has 1 aliphatic heterocycles. The van der Waals surface area contributed by atoms with Crippen LogP contribution in [-0.2, 0) is 0 Å². The third kappa shape index (κ3) is 3.57. The van der Waals surface area contributed by atoms with Gasteiger partial charge >= 0.3 is 0 Å². The summed E-state index contributed by atoms with van der Waals surface area (Å²) in [7, 11) is 0. The van der Waals surface area contributed by atoms with Gasteiger partial charge in [-0.05, 0) is 49.9 Å². The molecule has 2 heterocycles. The zero-order valence-corrected chi connectivity index (χ0v) is 13.9. The van der Waals surface area contributed by atoms with Crippen molar-refractivity contribution in [3.8, 4) is 5.69 Å². The van der Waals surface area contributed by atoms with Crippen molar-refractivity contribution in [3.05, 3.63) is 47.2 Å². The molecule has 2 atom stereocenters. The van der Waals surface area contributed by atoms with Crippen LogP contribution in [0.3, 0.4) is 0 Å². The number of piperidine rings is 1. The van der Waals surface area contributed by atoms with Crippen molar-refractivity contribution < 1.29 is 4.79 Å². The lowest BCUT2D eigenvalue weighted by molar-refractivity contribution is 0.0654. The summed E-state index contributed by atoms with van der Waals surface area (Å²) in [6.07, 6.45) is 3.86. The highest BCUT2D eigenvalue weighted by Gasteiger charge is 2.27. The smallest absolute Gasteiger partial charge is 0.274 e. The highest BCUT2D eigenvalue weighted by molar-refractivity contribution is 6.30. The van der Waals surface area contributed by atoms with Crippen LogP contribution in [-0.4, -0.2) is 39.7 Å². The highest BCUT2D eigenvalue weighted by Crippen LogP contribution is 2.21. The molecule has 122 valence electrons. The molecule has 1 saturated heterocycles. The summed E-state index contributed by atoms with van der Waals surface area (Å²) in [5, 5.41) is 5.04. The van der Waals surface area contributed by atoms with Crippen LogP contribution in [0.25, 0.3) is 5.69 Å². The second-order valence-corrected chi connectivity index (χ2v) is 6.57. The number of halogens is 1. The Hall–Kier alpha value is -1.85. The van der Waals surface area contributed by atoms with E-state index in [-0.39, 0.29) is 11.9 Å². The van der Waals surface area contributed by atoms with Gasteiger partial charge in [0.1, 0.15) is 0 Å². The van der Waals surface area contributed by atoms with E-state index < -0.39 is 0 Å². The number of nitrogens with zero attached hydrogens (tertiary/aromatic N) is 3. The number of amides is 1. The van der Waals surface area contributed by atoms with E-state index >= 15 is 0 Å². The van der Waals surface area contributed by atoms with Crippen molar-refractivity contribution in [1.82, 2.24) is 14.7 Å². The number of carbonyl (C=O) groups excluding carboxylic acids is 1. The minimum Gasteiger partial charge on any atom is -0.337 e. The normalized spacial score (nSPS) is 19.6. The maximum Gasteiger partial charge on any atom is 0.274 e. The van der Waals surface area contributed by atoms with E-state index in [2.05, 4.69) is 5.10 Å². The summed E-state index contributed by atoms with van der Waals surface area (Å²) in [5.41, 5.74) is 7.28. The first kappa shape index (κ1) is 16.0. The molecular weight excluding hydrogens is 312 g/mol. The van der Waals surface area contributed by atoms with Crippen molar-refractivity contribution in [1.29, 1.82) is 0 Å². The van der Waals surface area contributed by atoms with Crippen LogP contribution in [0.1, 0.15) is 30.3 Å². The van der Waals surface area contributed by atoms with Crippen LogP contribution in [0.5, 0.6) is 0 Å². The van der Waals surface area contributed by atoms with Crippen molar-refractivity contribution in [2.24, 2.45) is 11.7 Å². The standard InChI is InChI=1S/C17H21ClN4O/c1-12(19)13-4-3-8-21(11-13)17(23)16-7-9-22(20-16)15-6-2-5-14(18)10-15/h2,5-7,9-10,12-13H,3-4,8,11,19H2,1H3. The highest BCUT2D eigenvalue weighted by atomic mass is 35.5. The molecule has 1 aromatic carbocycles. The largest absolute Gasteiger partial charge is 0.337 e. The minimum atomic E-state index is -0.0314. The van der Waals surface area contributed by atoms with Gasteiger partial charge < -0.3 is 10.6 Å². The van der Waals surface area contributed by atoms with E-state index in [1.54, 1.807) is 16.9 Å². The fourth-order valence-corrected chi connectivity index (χ4v) is 3.17. The van der Waals surface area contributed by atoms with Gasteiger partial charge in [0.25, 0.3) is 5.91 Å². The van der Waals surface area contributed by atoms with Gasteiger partial charge in [-0.1, -0.05) is 17.7 Å². The van der Waals surface area contributed by atoms with E-state index in [0.29, 0.717) is 23.2 Å². The first-order chi connectivity index (χ1) is 11.0. The van der Waals surface area contributed by atoms with E-state index in [1.807, 2.05) is 36.1 Å². The first-order valence-electron chi connectivity index (χ1n) is 7.91. The lowest BCUT2D eigenvalue weighted by Crippen LogP contribution is -2.45. The molecule has 23 heavy (non-hydrogen) atoms. The number of nitrogens with two attached hydrogens (primary N) is 1. The van der Waals surface area contributed by atoms with Gasteiger partial charge in [0.05, 0.1) is 5.69 Å². The molecule has 5 nitrogen and oxygen atoms in total. The van der Waals surface area contributed by atoms with Gasteiger partial charge in [-0.3, -0.25) is 4.79 Å². The van der Waals surface area contributed by atoms with E-state index in [1.165, 1.54) is 0 Å². The number of likely N-dealkylation sites (tertiary alicyclic amines) is 1. The number of carbonyl (C=O) groups is 1. The van der Waals surface area contributed by atoms with Crippen molar-refractivity contribution in [2.75, 3.05) is 13.1 Å². The third-order valence-corrected chi connectivity index (χ3v) is 4.60. The first-order valence-corrected chi connectivity index (χ1v) is 8.29. The number of hydrogen-bond acceptors (Lipinski definition) is 3. The van der Waals surface area contributed by atoms with E-state index in [4.69, 9.17) is 17.3 Å². The minimum absolute atomic E-state index is 0.0314. The molecule has 6 heteroatoms. The Morgan fingerprint density at radius 2 is 2.26 bits per heavy atom. The Morgan fingerprint density at radius 1 is 1.43 bits per heavy atom. The van der Waals surface area contributed by atoms with Crippen LogP contribution < -0.4 is 5.73 Å². The zero-order valence-electron chi connectivity index (χ0n) is 13.2. The summed E-state index contributed by atoms with van der Waals surface area (Å²) in [6.45, 7) is 3.49. The topological polar surface area (TPSA) is 64.2 Å². The van der Waals surface area contributed by atoms with Gasteiger partial charge in [-0.15, -0.1) is 0 Å². The Kier molecular flexibility index (Phi) is 4.68. The molecule has 2 aromatic rings. The summed E-state index contributed by atoms with van der Waals surface area (Å²) in [4.78, 5) is 14.5. The van der Waals surface area contributed by atoms with Crippen LogP contribution in [0.2, 0.25) is 5.02 Å². The fraction of sp³-hybridized carbons (Fsp3) is 0.412. The number of hydrogen-bond donors (Lipinski definition) is 1. The average molecular weight is 333 g/mol. The number of aromatic nitrogens is 2. The lowest BCUT2D eigenvalue weighted by Gasteiger charge is -2.34. The van der Waals surface area contributed by atoms with E-state index in [9.17, 15) is 4.79 Å².